The summed E-state index contributed by atoms with van der Waals surface area (Å²) in [5.74, 6) is 0.469. The molecule has 0 spiro atoms. The molecule has 1 aliphatic rings. The minimum Gasteiger partial charge on any atom is -0.490 e. The first kappa shape index (κ1) is 27.0. The Morgan fingerprint density at radius 2 is 1.95 bits per heavy atom. The molecule has 0 saturated carbocycles. The van der Waals surface area contributed by atoms with Gasteiger partial charge < -0.3 is 29.2 Å². The average molecular weight is 584 g/mol. The van der Waals surface area contributed by atoms with Gasteiger partial charge in [0.2, 0.25) is 0 Å². The maximum Gasteiger partial charge on any atom is 0.335 e. The Balaban J connectivity index is 1.55. The number of methoxy groups -OCH3 is 1. The van der Waals surface area contributed by atoms with E-state index in [0.717, 1.165) is 11.4 Å². The zero-order valence-electron chi connectivity index (χ0n) is 20.6. The van der Waals surface area contributed by atoms with E-state index in [1.807, 2.05) is 35.2 Å². The fourth-order valence-electron chi connectivity index (χ4n) is 4.42. The van der Waals surface area contributed by atoms with Crippen LogP contribution in [0.4, 0.5) is 5.69 Å². The highest BCUT2D eigenvalue weighted by atomic mass is 35.5. The first-order chi connectivity index (χ1) is 18.9. The number of thiocarbonyl (C=S) groups is 1. The molecule has 39 heavy (non-hydrogen) atoms. The summed E-state index contributed by atoms with van der Waals surface area (Å²) in [6.45, 7) is 0.802. The summed E-state index contributed by atoms with van der Waals surface area (Å²) in [6, 6.07) is 18.3. The summed E-state index contributed by atoms with van der Waals surface area (Å²) in [4.78, 5) is 18.0. The van der Waals surface area contributed by atoms with Crippen LogP contribution >= 0.6 is 35.4 Å². The zero-order valence-corrected chi connectivity index (χ0v) is 23.0. The van der Waals surface area contributed by atoms with Crippen LogP contribution in [0.25, 0.3) is 11.3 Å². The predicted octanol–water partition coefficient (Wildman–Crippen LogP) is 6.55. The van der Waals surface area contributed by atoms with Crippen molar-refractivity contribution in [3.05, 3.63) is 100.0 Å². The third-order valence-electron chi connectivity index (χ3n) is 6.23. The number of pyridine rings is 1. The fourth-order valence-corrected chi connectivity index (χ4v) is 5.20. The standard InChI is InChI=1S/C28H23Cl2N3O5S/c1-36-12-13-37-23-8-6-17(15-20(23)30)33-26(25(32-28(33)39)21-4-2-3-11-31-21)24-10-9-22(38-24)18-14-16(27(34)35)5-7-19(18)29/h2-11,14-15,25-26H,12-13H2,1H3,(H,32,39)(H,34,35)/t25-,26-/m0/s1. The first-order valence-electron chi connectivity index (χ1n) is 11.9. The fraction of sp³-hybridized carbons (Fsp3) is 0.179. The Hall–Kier alpha value is -3.63. The molecule has 1 fully saturated rings. The van der Waals surface area contributed by atoms with Crippen LogP contribution in [-0.4, -0.2) is 41.5 Å². The summed E-state index contributed by atoms with van der Waals surface area (Å²) in [7, 11) is 1.60. The Kier molecular flexibility index (Phi) is 8.04. The maximum absolute atomic E-state index is 11.5. The predicted molar refractivity (Wildman–Crippen MR) is 153 cm³/mol. The number of benzene rings is 2. The summed E-state index contributed by atoms with van der Waals surface area (Å²) in [5, 5.41) is 14.1. The normalized spacial score (nSPS) is 16.8. The van der Waals surface area contributed by atoms with Gasteiger partial charge in [-0.1, -0.05) is 29.3 Å². The molecule has 0 unspecified atom stereocenters. The molecule has 0 bridgehead atoms. The number of hydrogen-bond donors (Lipinski definition) is 2. The monoisotopic (exact) mass is 583 g/mol. The third-order valence-corrected chi connectivity index (χ3v) is 7.17. The Morgan fingerprint density at radius 3 is 2.67 bits per heavy atom. The highest BCUT2D eigenvalue weighted by molar-refractivity contribution is 7.80. The van der Waals surface area contributed by atoms with Gasteiger partial charge in [-0.2, -0.15) is 0 Å². The van der Waals surface area contributed by atoms with Crippen LogP contribution in [0.3, 0.4) is 0 Å². The SMILES string of the molecule is COCCOc1ccc(N2C(=S)N[C@@H](c3ccccn3)[C@@H]2c2ccc(-c3cc(C(=O)O)ccc3Cl)o2)cc1Cl. The lowest BCUT2D eigenvalue weighted by Gasteiger charge is -2.26. The van der Waals surface area contributed by atoms with Crippen molar-refractivity contribution < 1.29 is 23.8 Å². The quantitative estimate of drug-likeness (QED) is 0.168. The van der Waals surface area contributed by atoms with Crippen molar-refractivity contribution in [2.75, 3.05) is 25.2 Å². The number of furan rings is 1. The number of ether oxygens (including phenoxy) is 2. The molecule has 0 amide bonds. The van der Waals surface area contributed by atoms with Crippen molar-refractivity contribution in [1.82, 2.24) is 10.3 Å². The molecular weight excluding hydrogens is 561 g/mol. The van der Waals surface area contributed by atoms with Crippen LogP contribution in [0.1, 0.15) is 33.9 Å². The van der Waals surface area contributed by atoms with Crippen LogP contribution in [0, 0.1) is 0 Å². The Bertz CT molecular complexity index is 1510. The van der Waals surface area contributed by atoms with E-state index in [2.05, 4.69) is 10.3 Å². The van der Waals surface area contributed by atoms with Gasteiger partial charge in [-0.25, -0.2) is 4.79 Å². The van der Waals surface area contributed by atoms with Gasteiger partial charge in [0.05, 0.1) is 34.0 Å². The number of aromatic carboxylic acids is 1. The maximum atomic E-state index is 11.5. The topological polar surface area (TPSA) is 97.1 Å². The molecule has 4 aromatic rings. The summed E-state index contributed by atoms with van der Waals surface area (Å²) < 4.78 is 17.1. The van der Waals surface area contributed by atoms with Crippen molar-refractivity contribution in [3.8, 4) is 17.1 Å². The van der Waals surface area contributed by atoms with Crippen LogP contribution in [0.5, 0.6) is 5.75 Å². The molecule has 8 nitrogen and oxygen atoms in total. The minimum atomic E-state index is -1.06. The number of halogens is 2. The van der Waals surface area contributed by atoms with Gasteiger partial charge >= 0.3 is 5.97 Å². The molecule has 1 saturated heterocycles. The van der Waals surface area contributed by atoms with Crippen molar-refractivity contribution in [3.63, 3.8) is 0 Å². The van der Waals surface area contributed by atoms with Gasteiger partial charge in [0.25, 0.3) is 0 Å². The number of carboxylic acids is 1. The summed E-state index contributed by atoms with van der Waals surface area (Å²) in [5.41, 5.74) is 2.06. The van der Waals surface area contributed by atoms with Crippen molar-refractivity contribution in [2.45, 2.75) is 12.1 Å². The van der Waals surface area contributed by atoms with E-state index in [9.17, 15) is 9.90 Å². The lowest BCUT2D eigenvalue weighted by atomic mass is 10.0. The molecule has 2 aromatic heterocycles. The summed E-state index contributed by atoms with van der Waals surface area (Å²) in [6.07, 6.45) is 1.72. The van der Waals surface area contributed by atoms with Crippen LogP contribution < -0.4 is 15.0 Å². The lowest BCUT2D eigenvalue weighted by molar-refractivity contribution is 0.0697. The van der Waals surface area contributed by atoms with Gasteiger partial charge in [0, 0.05) is 24.6 Å². The molecule has 3 heterocycles. The van der Waals surface area contributed by atoms with Crippen molar-refractivity contribution in [1.29, 1.82) is 0 Å². The molecule has 2 N–H and O–H groups in total. The molecule has 0 radical (unpaired) electrons. The number of rotatable bonds is 9. The van der Waals surface area contributed by atoms with Gasteiger partial charge in [0.1, 0.15) is 29.9 Å². The van der Waals surface area contributed by atoms with Crippen molar-refractivity contribution >= 4 is 52.2 Å². The van der Waals surface area contributed by atoms with E-state index in [0.29, 0.717) is 51.2 Å². The van der Waals surface area contributed by atoms with E-state index in [4.69, 9.17) is 49.3 Å². The molecule has 11 heteroatoms. The molecular formula is C28H23Cl2N3O5S. The third kappa shape index (κ3) is 5.58. The zero-order chi connectivity index (χ0) is 27.5. The Labute approximate surface area is 240 Å². The molecule has 0 aliphatic carbocycles. The number of nitrogens with one attached hydrogen (secondary N) is 1. The second-order valence-corrected chi connectivity index (χ2v) is 9.86. The first-order valence-corrected chi connectivity index (χ1v) is 13.1. The number of carbonyl (C=O) groups is 1. The van der Waals surface area contributed by atoms with Gasteiger partial charge in [0.15, 0.2) is 5.11 Å². The van der Waals surface area contributed by atoms with E-state index in [1.54, 1.807) is 31.5 Å². The van der Waals surface area contributed by atoms with E-state index in [1.165, 1.54) is 18.2 Å². The smallest absolute Gasteiger partial charge is 0.335 e. The number of nitrogens with zero attached hydrogens (tertiary/aromatic N) is 2. The van der Waals surface area contributed by atoms with Crippen LogP contribution in [-0.2, 0) is 4.74 Å². The number of hydrogen-bond acceptors (Lipinski definition) is 6. The molecule has 200 valence electrons. The van der Waals surface area contributed by atoms with E-state index >= 15 is 0 Å². The van der Waals surface area contributed by atoms with Crippen LogP contribution in [0.2, 0.25) is 10.0 Å². The number of carboxylic acid groups (broad SMARTS) is 1. The molecule has 5 rings (SSSR count). The molecule has 2 aromatic carbocycles. The van der Waals surface area contributed by atoms with Gasteiger partial charge in [-0.05, 0) is 72.9 Å². The highest BCUT2D eigenvalue weighted by Crippen LogP contribution is 2.44. The second kappa shape index (κ2) is 11.6. The van der Waals surface area contributed by atoms with Crippen LogP contribution in [0.15, 0.2) is 77.3 Å². The van der Waals surface area contributed by atoms with Gasteiger partial charge in [-0.15, -0.1) is 0 Å². The minimum absolute atomic E-state index is 0.103. The number of aromatic nitrogens is 1. The second-order valence-electron chi connectivity index (χ2n) is 8.65. The van der Waals surface area contributed by atoms with Crippen molar-refractivity contribution in [2.24, 2.45) is 0 Å². The highest BCUT2D eigenvalue weighted by Gasteiger charge is 2.42. The molecule has 2 atom stereocenters. The average Bonchev–Trinajstić information content (AvgIpc) is 3.55. The Morgan fingerprint density at radius 1 is 1.10 bits per heavy atom. The van der Waals surface area contributed by atoms with E-state index in [-0.39, 0.29) is 11.6 Å². The summed E-state index contributed by atoms with van der Waals surface area (Å²) >= 11 is 18.8. The molecule has 1 aliphatic heterocycles. The number of anilines is 1. The van der Waals surface area contributed by atoms with E-state index < -0.39 is 12.0 Å². The van der Waals surface area contributed by atoms with Gasteiger partial charge in [-0.3, -0.25) is 4.98 Å². The largest absolute Gasteiger partial charge is 0.490 e. The lowest BCUT2D eigenvalue weighted by Crippen LogP contribution is -2.29.